The molecule has 4 N–H and O–H groups in total. The maximum absolute atomic E-state index is 10.5. The molecular weight excluding hydrogens is 222 g/mol. The van der Waals surface area contributed by atoms with Crippen molar-refractivity contribution in [2.24, 2.45) is 11.5 Å². The Hall–Kier alpha value is -1.10. The third kappa shape index (κ3) is 6.91. The molecule has 2 amide bonds. The Morgan fingerprint density at radius 2 is 1.20 bits per heavy atom. The Balaban J connectivity index is 0. The van der Waals surface area contributed by atoms with E-state index in [0.29, 0.717) is 0 Å². The third-order valence-electron chi connectivity index (χ3n) is 0.809. The van der Waals surface area contributed by atoms with Gasteiger partial charge >= 0.3 is 60.6 Å². The average molecular weight is 226 g/mol. The predicted molar refractivity (Wildman–Crippen MR) is 36.3 cm³/mol. The van der Waals surface area contributed by atoms with Gasteiger partial charge in [-0.05, 0) is 0 Å². The monoisotopic (exact) mass is 226 g/mol. The van der Waals surface area contributed by atoms with Crippen molar-refractivity contribution in [3.63, 3.8) is 0 Å². The number of hydrogen-bond donors (Lipinski definition) is 2. The van der Waals surface area contributed by atoms with E-state index in [-0.39, 0.29) is 29.6 Å². The molecule has 0 aliphatic heterocycles. The van der Waals surface area contributed by atoms with Crippen molar-refractivity contribution in [3.05, 3.63) is 0 Å². The molecule has 0 atom stereocenters. The van der Waals surface area contributed by atoms with Crippen LogP contribution in [0.25, 0.3) is 0 Å². The van der Waals surface area contributed by atoms with E-state index in [2.05, 4.69) is 20.8 Å². The van der Waals surface area contributed by atoms with E-state index < -0.39 is 31.1 Å². The van der Waals surface area contributed by atoms with Gasteiger partial charge in [-0.25, -0.2) is 9.59 Å². The minimum atomic E-state index is -2.66. The number of rotatable bonds is 2. The quantitative estimate of drug-likeness (QED) is 0.348. The zero-order chi connectivity index (χ0) is 11.3. The Bertz CT molecular complexity index is 267. The predicted octanol–water partition coefficient (Wildman–Crippen LogP) is -7.61. The van der Waals surface area contributed by atoms with Crippen LogP contribution in [0, 0.1) is 0 Å². The van der Waals surface area contributed by atoms with Crippen LogP contribution in [0.4, 0.5) is 0 Å². The molecule has 76 valence electrons. The summed E-state index contributed by atoms with van der Waals surface area (Å²) in [7, 11) is -2.66. The van der Waals surface area contributed by atoms with Crippen molar-refractivity contribution in [1.29, 1.82) is 0 Å². The summed E-state index contributed by atoms with van der Waals surface area (Å²) in [6.07, 6.45) is 0. The van der Waals surface area contributed by atoms with Crippen molar-refractivity contribution in [2.75, 3.05) is 0 Å². The molecule has 0 aromatic carbocycles. The number of primary amides is 2. The van der Waals surface area contributed by atoms with E-state index >= 15 is 0 Å². The van der Waals surface area contributed by atoms with Crippen LogP contribution in [-0.4, -0.2) is 31.1 Å². The van der Waals surface area contributed by atoms with Crippen LogP contribution in [0.2, 0.25) is 0 Å². The summed E-state index contributed by atoms with van der Waals surface area (Å²) < 4.78 is 7.23. The molecule has 0 rings (SSSR count). The first-order chi connectivity index (χ1) is 6.34. The fourth-order valence-corrected chi connectivity index (χ4v) is 0.315. The van der Waals surface area contributed by atoms with E-state index in [4.69, 9.17) is 0 Å². The number of carbonyl (C=O) groups excluding carboxylic acids is 4. The van der Waals surface area contributed by atoms with Crippen molar-refractivity contribution in [2.45, 2.75) is 0 Å². The zero-order valence-electron chi connectivity index (χ0n) is 7.59. The molecule has 0 fully saturated rings. The smallest absolute Gasteiger partial charge is 0.808 e. The molecule has 0 saturated carbocycles. The van der Waals surface area contributed by atoms with Crippen molar-refractivity contribution in [3.8, 4) is 0 Å². The zero-order valence-corrected chi connectivity index (χ0v) is 9.59. The first-order valence-electron chi connectivity index (χ1n) is 3.01. The van der Waals surface area contributed by atoms with E-state index in [0.717, 1.165) is 0 Å². The number of carbonyl (C=O) groups is 4. The van der Waals surface area contributed by atoms with Gasteiger partial charge in [-0.15, -0.1) is 0 Å². The Labute approximate surface area is 106 Å². The average Bonchev–Trinajstić information content (AvgIpc) is 2.03. The Morgan fingerprint density at radius 1 is 0.933 bits per heavy atom. The normalized spacial score (nSPS) is 8.07. The summed E-state index contributed by atoms with van der Waals surface area (Å²) in [6.45, 7) is 0. The first-order valence-corrected chi connectivity index (χ1v) is 3.01. The number of hydrogen-bond acceptors (Lipinski definition) is 7. The molecule has 0 spiro atoms. The topological polar surface area (TPSA) is 162 Å². The van der Waals surface area contributed by atoms with E-state index in [1.165, 1.54) is 0 Å². The fourth-order valence-electron chi connectivity index (χ4n) is 0.315. The van der Waals surface area contributed by atoms with Crippen LogP contribution in [-0.2, 0) is 28.5 Å². The molecule has 0 heterocycles. The molecule has 0 unspecified atom stereocenters. The van der Waals surface area contributed by atoms with Crippen LogP contribution in [0.3, 0.4) is 0 Å². The van der Waals surface area contributed by atoms with Gasteiger partial charge in [0.2, 0.25) is 0 Å². The SMILES string of the molecule is NC(=O)C(=O)OB([O-])OC(=O)C(N)=O.[Na+]. The summed E-state index contributed by atoms with van der Waals surface area (Å²) in [6, 6.07) is 0. The van der Waals surface area contributed by atoms with E-state index in [1.54, 1.807) is 0 Å². The largest absolute Gasteiger partial charge is 1.00 e. The van der Waals surface area contributed by atoms with Gasteiger partial charge in [0.25, 0.3) is 0 Å². The molecule has 0 radical (unpaired) electrons. The van der Waals surface area contributed by atoms with Gasteiger partial charge in [0.15, 0.2) is 0 Å². The third-order valence-corrected chi connectivity index (χ3v) is 0.809. The first kappa shape index (κ1) is 16.3. The van der Waals surface area contributed by atoms with Gasteiger partial charge in [0, 0.05) is 0 Å². The maximum Gasteiger partial charge on any atom is 1.00 e. The van der Waals surface area contributed by atoms with Crippen LogP contribution < -0.4 is 46.0 Å². The molecule has 0 aliphatic rings. The minimum Gasteiger partial charge on any atom is -0.808 e. The summed E-state index contributed by atoms with van der Waals surface area (Å²) >= 11 is 0. The molecule has 15 heavy (non-hydrogen) atoms. The van der Waals surface area contributed by atoms with Gasteiger partial charge in [-0.3, -0.25) is 9.59 Å². The fraction of sp³-hybridized carbons (Fsp3) is 0. The summed E-state index contributed by atoms with van der Waals surface area (Å²) in [4.78, 5) is 40.7. The molecule has 0 aromatic rings. The molecule has 9 nitrogen and oxygen atoms in total. The van der Waals surface area contributed by atoms with Gasteiger partial charge in [0.1, 0.15) is 0 Å². The summed E-state index contributed by atoms with van der Waals surface area (Å²) in [5, 5.41) is 10.5. The van der Waals surface area contributed by atoms with Gasteiger partial charge in [-0.1, -0.05) is 0 Å². The Morgan fingerprint density at radius 3 is 1.40 bits per heavy atom. The molecule has 0 aromatic heterocycles. The second kappa shape index (κ2) is 7.23. The number of amides is 2. The molecule has 0 bridgehead atoms. The van der Waals surface area contributed by atoms with Gasteiger partial charge < -0.3 is 25.8 Å². The van der Waals surface area contributed by atoms with Crippen LogP contribution in [0.5, 0.6) is 0 Å². The number of nitrogens with two attached hydrogens (primary N) is 2. The van der Waals surface area contributed by atoms with E-state index in [9.17, 15) is 24.2 Å². The second-order valence-corrected chi connectivity index (χ2v) is 1.83. The van der Waals surface area contributed by atoms with Gasteiger partial charge in [-0.2, -0.15) is 0 Å². The molecule has 0 aliphatic carbocycles. The summed E-state index contributed by atoms with van der Waals surface area (Å²) in [5.74, 6) is -6.47. The molecular formula is C4H4BN2NaO7. The second-order valence-electron chi connectivity index (χ2n) is 1.83. The van der Waals surface area contributed by atoms with E-state index in [1.807, 2.05) is 0 Å². The van der Waals surface area contributed by atoms with Crippen molar-refractivity contribution in [1.82, 2.24) is 0 Å². The Kier molecular flexibility index (Phi) is 7.88. The van der Waals surface area contributed by atoms with Crippen LogP contribution in [0.15, 0.2) is 0 Å². The van der Waals surface area contributed by atoms with Crippen LogP contribution in [0.1, 0.15) is 0 Å². The van der Waals surface area contributed by atoms with Crippen molar-refractivity contribution < 1.29 is 63.1 Å². The standard InChI is InChI=1S/C4H4BN2O7.Na/c6-1(8)3(10)13-5(12)14-4(11)2(7)9;/h(H2,6,8)(H2,7,9);/q-1;+1. The maximum atomic E-state index is 10.5. The van der Waals surface area contributed by atoms with Crippen LogP contribution >= 0.6 is 0 Å². The van der Waals surface area contributed by atoms with Gasteiger partial charge in [0.05, 0.1) is 0 Å². The van der Waals surface area contributed by atoms with Crippen molar-refractivity contribution >= 4 is 31.1 Å². The minimum absolute atomic E-state index is 0. The molecule has 11 heteroatoms. The summed E-state index contributed by atoms with van der Waals surface area (Å²) in [5.41, 5.74) is 8.78. The molecule has 0 saturated heterocycles.